The molecular weight excluding hydrogens is 256 g/mol. The van der Waals surface area contributed by atoms with Crippen molar-refractivity contribution in [1.29, 1.82) is 0 Å². The fourth-order valence-corrected chi connectivity index (χ4v) is 3.05. The van der Waals surface area contributed by atoms with E-state index in [1.807, 2.05) is 4.90 Å². The van der Waals surface area contributed by atoms with Crippen LogP contribution >= 0.6 is 0 Å². The highest BCUT2D eigenvalue weighted by molar-refractivity contribution is 5.79. The van der Waals surface area contributed by atoms with Gasteiger partial charge >= 0.3 is 0 Å². The number of likely N-dealkylation sites (tertiary alicyclic amines) is 1. The van der Waals surface area contributed by atoms with Crippen LogP contribution in [0.25, 0.3) is 0 Å². The molecule has 114 valence electrons. The molecule has 2 aliphatic heterocycles. The van der Waals surface area contributed by atoms with E-state index >= 15 is 0 Å². The van der Waals surface area contributed by atoms with Crippen molar-refractivity contribution in [3.63, 3.8) is 0 Å². The van der Waals surface area contributed by atoms with E-state index in [-0.39, 0.29) is 11.8 Å². The molecule has 6 heteroatoms. The third-order valence-corrected chi connectivity index (χ3v) is 4.37. The highest BCUT2D eigenvalue weighted by Crippen LogP contribution is 2.15. The second-order valence-corrected chi connectivity index (χ2v) is 5.87. The van der Waals surface area contributed by atoms with E-state index in [0.29, 0.717) is 45.2 Å². The number of rotatable bonds is 3. The molecule has 2 amide bonds. The lowest BCUT2D eigenvalue weighted by Crippen LogP contribution is -2.53. The van der Waals surface area contributed by atoms with Crippen LogP contribution in [0, 0.1) is 5.92 Å². The molecule has 2 heterocycles. The van der Waals surface area contributed by atoms with Crippen LogP contribution in [-0.4, -0.2) is 78.9 Å². The molecule has 0 aromatic rings. The van der Waals surface area contributed by atoms with Gasteiger partial charge < -0.3 is 15.5 Å². The summed E-state index contributed by atoms with van der Waals surface area (Å²) < 4.78 is 0. The minimum Gasteiger partial charge on any atom is -0.339 e. The zero-order chi connectivity index (χ0) is 14.5. The normalized spacial score (nSPS) is 24.8. The summed E-state index contributed by atoms with van der Waals surface area (Å²) in [5.41, 5.74) is 5.72. The number of piperidine rings is 1. The maximum absolute atomic E-state index is 12.3. The fraction of sp³-hybridized carbons (Fsp3) is 0.857. The summed E-state index contributed by atoms with van der Waals surface area (Å²) in [6.07, 6.45) is 2.31. The van der Waals surface area contributed by atoms with E-state index in [9.17, 15) is 9.59 Å². The number of carbonyl (C=O) groups excluding carboxylic acids is 2. The number of piperazine rings is 1. The second kappa shape index (κ2) is 7.04. The maximum Gasteiger partial charge on any atom is 0.236 e. The van der Waals surface area contributed by atoms with Crippen LogP contribution in [0.1, 0.15) is 19.8 Å². The van der Waals surface area contributed by atoms with Crippen molar-refractivity contribution in [2.45, 2.75) is 19.8 Å². The van der Waals surface area contributed by atoms with Gasteiger partial charge in [-0.25, -0.2) is 0 Å². The first-order chi connectivity index (χ1) is 9.60. The van der Waals surface area contributed by atoms with E-state index in [4.69, 9.17) is 5.73 Å². The quantitative estimate of drug-likeness (QED) is 0.747. The van der Waals surface area contributed by atoms with Crippen LogP contribution in [-0.2, 0) is 9.59 Å². The number of amides is 2. The van der Waals surface area contributed by atoms with Crippen molar-refractivity contribution < 1.29 is 9.59 Å². The molecule has 0 aromatic heterocycles. The van der Waals surface area contributed by atoms with Crippen molar-refractivity contribution in [1.82, 2.24) is 14.7 Å². The standard InChI is InChI=1S/C14H26N4O2/c1-12(19)17-5-7-18(8-6-17)14(20)11-16-4-2-3-13(9-15)10-16/h13H,2-11,15H2,1H3. The molecule has 2 rings (SSSR count). The molecule has 2 saturated heterocycles. The Morgan fingerprint density at radius 2 is 1.75 bits per heavy atom. The highest BCUT2D eigenvalue weighted by atomic mass is 16.2. The predicted octanol–water partition coefficient (Wildman–Crippen LogP) is -0.652. The van der Waals surface area contributed by atoms with Gasteiger partial charge in [0.05, 0.1) is 6.54 Å². The molecule has 0 aromatic carbocycles. The number of carbonyl (C=O) groups is 2. The van der Waals surface area contributed by atoms with Crippen LogP contribution < -0.4 is 5.73 Å². The molecule has 2 aliphatic rings. The van der Waals surface area contributed by atoms with Crippen molar-refractivity contribution >= 4 is 11.8 Å². The van der Waals surface area contributed by atoms with E-state index in [2.05, 4.69) is 4.90 Å². The second-order valence-electron chi connectivity index (χ2n) is 5.87. The summed E-state index contributed by atoms with van der Waals surface area (Å²) >= 11 is 0. The SMILES string of the molecule is CC(=O)N1CCN(C(=O)CN2CCCC(CN)C2)CC1. The van der Waals surface area contributed by atoms with Gasteiger partial charge in [0.2, 0.25) is 11.8 Å². The molecule has 0 radical (unpaired) electrons. The zero-order valence-corrected chi connectivity index (χ0v) is 12.4. The van der Waals surface area contributed by atoms with Crippen LogP contribution in [0.5, 0.6) is 0 Å². The Balaban J connectivity index is 1.76. The molecule has 0 spiro atoms. The molecule has 20 heavy (non-hydrogen) atoms. The number of nitrogens with zero attached hydrogens (tertiary/aromatic N) is 3. The van der Waals surface area contributed by atoms with Gasteiger partial charge in [0, 0.05) is 39.6 Å². The van der Waals surface area contributed by atoms with Gasteiger partial charge in [-0.05, 0) is 31.8 Å². The molecule has 1 unspecified atom stereocenters. The lowest BCUT2D eigenvalue weighted by atomic mass is 9.98. The number of hydrogen-bond acceptors (Lipinski definition) is 4. The highest BCUT2D eigenvalue weighted by Gasteiger charge is 2.25. The Bertz CT molecular complexity index is 353. The van der Waals surface area contributed by atoms with E-state index in [1.54, 1.807) is 11.8 Å². The van der Waals surface area contributed by atoms with Gasteiger partial charge in [-0.3, -0.25) is 14.5 Å². The van der Waals surface area contributed by atoms with E-state index in [0.717, 1.165) is 19.5 Å². The van der Waals surface area contributed by atoms with Gasteiger partial charge in [0.15, 0.2) is 0 Å². The van der Waals surface area contributed by atoms with Crippen LogP contribution in [0.3, 0.4) is 0 Å². The summed E-state index contributed by atoms with van der Waals surface area (Å²) in [6, 6.07) is 0. The minimum absolute atomic E-state index is 0.0962. The summed E-state index contributed by atoms with van der Waals surface area (Å²) in [5.74, 6) is 0.816. The Kier molecular flexibility index (Phi) is 5.37. The average Bonchev–Trinajstić information content (AvgIpc) is 2.47. The first-order valence-electron chi connectivity index (χ1n) is 7.56. The van der Waals surface area contributed by atoms with Crippen molar-refractivity contribution in [2.24, 2.45) is 11.7 Å². The molecule has 0 saturated carbocycles. The van der Waals surface area contributed by atoms with Crippen LogP contribution in [0.15, 0.2) is 0 Å². The Morgan fingerprint density at radius 3 is 2.35 bits per heavy atom. The first kappa shape index (κ1) is 15.3. The molecular formula is C14H26N4O2. The maximum atomic E-state index is 12.3. The smallest absolute Gasteiger partial charge is 0.236 e. The molecule has 0 bridgehead atoms. The number of hydrogen-bond donors (Lipinski definition) is 1. The fourth-order valence-electron chi connectivity index (χ4n) is 3.05. The number of nitrogens with two attached hydrogens (primary N) is 1. The predicted molar refractivity (Wildman–Crippen MR) is 77.1 cm³/mol. The molecule has 2 fully saturated rings. The Morgan fingerprint density at radius 1 is 1.10 bits per heavy atom. The molecule has 1 atom stereocenters. The van der Waals surface area contributed by atoms with Gasteiger partial charge in [-0.1, -0.05) is 0 Å². The lowest BCUT2D eigenvalue weighted by Gasteiger charge is -2.37. The van der Waals surface area contributed by atoms with Crippen LogP contribution in [0.4, 0.5) is 0 Å². The summed E-state index contributed by atoms with van der Waals surface area (Å²) in [5, 5.41) is 0. The summed E-state index contributed by atoms with van der Waals surface area (Å²) in [4.78, 5) is 29.5. The van der Waals surface area contributed by atoms with E-state index < -0.39 is 0 Å². The first-order valence-corrected chi connectivity index (χ1v) is 7.56. The zero-order valence-electron chi connectivity index (χ0n) is 12.4. The molecule has 2 N–H and O–H groups in total. The summed E-state index contributed by atoms with van der Waals surface area (Å²) in [7, 11) is 0. The van der Waals surface area contributed by atoms with Crippen LogP contribution in [0.2, 0.25) is 0 Å². The van der Waals surface area contributed by atoms with E-state index in [1.165, 1.54) is 6.42 Å². The summed E-state index contributed by atoms with van der Waals surface area (Å²) in [6.45, 7) is 7.36. The van der Waals surface area contributed by atoms with Crippen molar-refractivity contribution in [3.8, 4) is 0 Å². The molecule has 6 nitrogen and oxygen atoms in total. The third kappa shape index (κ3) is 3.93. The van der Waals surface area contributed by atoms with Gasteiger partial charge in [0.25, 0.3) is 0 Å². The van der Waals surface area contributed by atoms with Gasteiger partial charge in [0.1, 0.15) is 0 Å². The molecule has 0 aliphatic carbocycles. The lowest BCUT2D eigenvalue weighted by molar-refractivity contribution is -0.139. The van der Waals surface area contributed by atoms with Gasteiger partial charge in [-0.15, -0.1) is 0 Å². The topological polar surface area (TPSA) is 69.9 Å². The largest absolute Gasteiger partial charge is 0.339 e. The van der Waals surface area contributed by atoms with Crippen molar-refractivity contribution in [3.05, 3.63) is 0 Å². The third-order valence-electron chi connectivity index (χ3n) is 4.37. The Hall–Kier alpha value is -1.14. The Labute approximate surface area is 120 Å². The van der Waals surface area contributed by atoms with Gasteiger partial charge in [-0.2, -0.15) is 0 Å². The van der Waals surface area contributed by atoms with Crippen molar-refractivity contribution in [2.75, 3.05) is 52.4 Å². The average molecular weight is 282 g/mol. The monoisotopic (exact) mass is 282 g/mol. The minimum atomic E-state index is 0.0962.